The first-order valence-electron chi connectivity index (χ1n) is 8.61. The number of methoxy groups -OCH3 is 2. The number of fused-ring (bicyclic) bond motifs is 2. The van der Waals surface area contributed by atoms with Crippen LogP contribution in [0.4, 0.5) is 0 Å². The molecular formula is C19H25N2O4+. The lowest BCUT2D eigenvalue weighted by Gasteiger charge is -2.28. The topological polar surface area (TPSA) is 61.6 Å². The van der Waals surface area contributed by atoms with Gasteiger partial charge in [-0.25, -0.2) is 4.79 Å². The van der Waals surface area contributed by atoms with Gasteiger partial charge in [0, 0.05) is 31.8 Å². The quantitative estimate of drug-likeness (QED) is 0.499. The van der Waals surface area contributed by atoms with Gasteiger partial charge in [-0.3, -0.25) is 0 Å². The minimum atomic E-state index is -0.471. The number of oxime groups is 1. The number of ether oxygens (including phenoxy) is 2. The predicted octanol–water partition coefficient (Wildman–Crippen LogP) is 1.46. The van der Waals surface area contributed by atoms with Gasteiger partial charge < -0.3 is 19.2 Å². The fraction of sp³-hybridized carbons (Fsp3) is 0.474. The molecule has 0 radical (unpaired) electrons. The van der Waals surface area contributed by atoms with Crippen molar-refractivity contribution in [1.29, 1.82) is 0 Å². The molecule has 0 saturated carbocycles. The average molecular weight is 345 g/mol. The van der Waals surface area contributed by atoms with Gasteiger partial charge in [0.1, 0.15) is 0 Å². The van der Waals surface area contributed by atoms with Crippen LogP contribution in [-0.2, 0) is 9.63 Å². The van der Waals surface area contributed by atoms with E-state index in [-0.39, 0.29) is 0 Å². The van der Waals surface area contributed by atoms with E-state index < -0.39 is 5.97 Å². The van der Waals surface area contributed by atoms with E-state index in [4.69, 9.17) is 14.3 Å². The van der Waals surface area contributed by atoms with Crippen LogP contribution in [0.5, 0.6) is 11.5 Å². The van der Waals surface area contributed by atoms with E-state index >= 15 is 0 Å². The van der Waals surface area contributed by atoms with E-state index in [0.717, 1.165) is 24.1 Å². The molecule has 0 amide bonds. The number of piperidine rings is 1. The second-order valence-corrected chi connectivity index (χ2v) is 6.64. The summed E-state index contributed by atoms with van der Waals surface area (Å²) < 4.78 is 10.4. The van der Waals surface area contributed by atoms with Crippen LogP contribution in [0.1, 0.15) is 31.2 Å². The van der Waals surface area contributed by atoms with Crippen LogP contribution in [0.3, 0.4) is 0 Å². The Morgan fingerprint density at radius 3 is 2.48 bits per heavy atom. The van der Waals surface area contributed by atoms with Crippen molar-refractivity contribution >= 4 is 17.8 Å². The number of nitrogens with zero attached hydrogens (tertiary/aromatic N) is 1. The van der Waals surface area contributed by atoms with Gasteiger partial charge in [0.2, 0.25) is 0 Å². The molecule has 2 saturated heterocycles. The first-order valence-corrected chi connectivity index (χ1v) is 8.61. The maximum absolute atomic E-state index is 11.9. The van der Waals surface area contributed by atoms with Gasteiger partial charge >= 0.3 is 5.97 Å². The Morgan fingerprint density at radius 1 is 1.16 bits per heavy atom. The van der Waals surface area contributed by atoms with Crippen LogP contribution < -0.4 is 14.4 Å². The highest BCUT2D eigenvalue weighted by atomic mass is 16.7. The van der Waals surface area contributed by atoms with Crippen LogP contribution in [-0.4, -0.2) is 45.0 Å². The van der Waals surface area contributed by atoms with Crippen LogP contribution in [0.2, 0.25) is 0 Å². The highest BCUT2D eigenvalue weighted by Gasteiger charge is 2.40. The Balaban J connectivity index is 1.57. The molecule has 2 aliphatic heterocycles. The van der Waals surface area contributed by atoms with Crippen molar-refractivity contribution < 1.29 is 24.0 Å². The average Bonchev–Trinajstić information content (AvgIpc) is 2.85. The molecule has 1 N–H and O–H groups in total. The van der Waals surface area contributed by atoms with Crippen molar-refractivity contribution in [2.75, 3.05) is 21.3 Å². The van der Waals surface area contributed by atoms with Gasteiger partial charge in [-0.2, -0.15) is 0 Å². The van der Waals surface area contributed by atoms with Crippen molar-refractivity contribution in [3.8, 4) is 11.5 Å². The fourth-order valence-electron chi connectivity index (χ4n) is 3.70. The number of hydrogen-bond acceptors (Lipinski definition) is 5. The monoisotopic (exact) mass is 345 g/mol. The molecule has 3 rings (SSSR count). The van der Waals surface area contributed by atoms with E-state index in [1.54, 1.807) is 37.3 Å². The number of benzene rings is 1. The third-order valence-electron chi connectivity index (χ3n) is 5.20. The molecule has 2 fully saturated rings. The summed E-state index contributed by atoms with van der Waals surface area (Å²) in [7, 11) is 5.41. The predicted molar refractivity (Wildman–Crippen MR) is 95.0 cm³/mol. The second-order valence-electron chi connectivity index (χ2n) is 6.64. The largest absolute Gasteiger partial charge is 0.493 e. The molecule has 1 unspecified atom stereocenters. The lowest BCUT2D eigenvalue weighted by Crippen LogP contribution is -3.15. The van der Waals surface area contributed by atoms with Gasteiger partial charge in [-0.1, -0.05) is 11.2 Å². The number of quaternary nitrogens is 1. The third kappa shape index (κ3) is 4.02. The summed E-state index contributed by atoms with van der Waals surface area (Å²) in [6, 6.07) is 6.68. The molecule has 2 aliphatic rings. The Morgan fingerprint density at radius 2 is 1.84 bits per heavy atom. The van der Waals surface area contributed by atoms with Crippen LogP contribution in [0.15, 0.2) is 29.4 Å². The Labute approximate surface area is 148 Å². The van der Waals surface area contributed by atoms with E-state index in [2.05, 4.69) is 12.2 Å². The molecule has 6 heteroatoms. The van der Waals surface area contributed by atoms with E-state index in [9.17, 15) is 4.79 Å². The number of carbonyl (C=O) groups excluding carboxylic acids is 1. The summed E-state index contributed by atoms with van der Waals surface area (Å²) in [4.78, 5) is 18.6. The Hall–Kier alpha value is -2.34. The van der Waals surface area contributed by atoms with Crippen molar-refractivity contribution in [1.82, 2.24) is 0 Å². The number of carbonyl (C=O) groups is 1. The van der Waals surface area contributed by atoms with Crippen molar-refractivity contribution in [2.24, 2.45) is 5.16 Å². The molecule has 2 heterocycles. The van der Waals surface area contributed by atoms with Crippen molar-refractivity contribution in [3.05, 3.63) is 29.8 Å². The second kappa shape index (κ2) is 7.70. The van der Waals surface area contributed by atoms with Crippen LogP contribution in [0.25, 0.3) is 6.08 Å². The van der Waals surface area contributed by atoms with Gasteiger partial charge in [0.15, 0.2) is 11.5 Å². The van der Waals surface area contributed by atoms with Crippen molar-refractivity contribution in [2.45, 2.75) is 37.8 Å². The molecule has 6 nitrogen and oxygen atoms in total. The number of hydrogen-bond donors (Lipinski definition) is 1. The molecule has 0 spiro atoms. The molecular weight excluding hydrogens is 320 g/mol. The molecule has 1 aromatic rings. The summed E-state index contributed by atoms with van der Waals surface area (Å²) in [5.74, 6) is 0.788. The molecule has 0 aliphatic carbocycles. The summed E-state index contributed by atoms with van der Waals surface area (Å²) in [5, 5.41) is 4.09. The third-order valence-corrected chi connectivity index (χ3v) is 5.20. The maximum atomic E-state index is 11.9. The van der Waals surface area contributed by atoms with Gasteiger partial charge in [0.25, 0.3) is 0 Å². The summed E-state index contributed by atoms with van der Waals surface area (Å²) in [5.41, 5.74) is 1.83. The Kier molecular flexibility index (Phi) is 5.38. The molecule has 25 heavy (non-hydrogen) atoms. The fourth-order valence-corrected chi connectivity index (χ4v) is 3.70. The van der Waals surface area contributed by atoms with Crippen LogP contribution in [0, 0.1) is 0 Å². The Bertz CT molecular complexity index is 683. The van der Waals surface area contributed by atoms with E-state index in [1.165, 1.54) is 18.9 Å². The maximum Gasteiger partial charge on any atom is 0.358 e. The molecule has 134 valence electrons. The zero-order chi connectivity index (χ0) is 17.8. The van der Waals surface area contributed by atoms with Gasteiger partial charge in [-0.15, -0.1) is 0 Å². The zero-order valence-corrected chi connectivity index (χ0v) is 15.0. The minimum absolute atomic E-state index is 0.471. The summed E-state index contributed by atoms with van der Waals surface area (Å²) in [6.07, 6.45) is 7.38. The molecule has 0 aromatic heterocycles. The first kappa shape index (κ1) is 17.5. The molecule has 1 aromatic carbocycles. The lowest BCUT2D eigenvalue weighted by molar-refractivity contribution is -0.917. The highest BCUT2D eigenvalue weighted by molar-refractivity contribution is 5.89. The normalized spacial score (nSPS) is 26.8. The standard InChI is InChI=1S/C19H24N2O4/c1-21-15-6-7-16(21)12-14(11-15)20-25-19(22)9-5-13-4-8-17(23-2)18(10-13)24-3/h4-5,8-10,15-16H,6-7,11-12H2,1-3H3/p+1/b9-5+,20-14?/t15-,16+. The SMILES string of the molecule is COc1ccc(/C=C/C(=O)ON=C2C[C@H]3CC[C@@H](C2)[NH+]3C)cc1OC. The zero-order valence-electron chi connectivity index (χ0n) is 15.0. The van der Waals surface area contributed by atoms with Gasteiger partial charge in [0.05, 0.1) is 39.1 Å². The molecule has 2 bridgehead atoms. The highest BCUT2D eigenvalue weighted by Crippen LogP contribution is 2.28. The number of nitrogens with one attached hydrogen (secondary N) is 1. The number of rotatable bonds is 5. The smallest absolute Gasteiger partial charge is 0.358 e. The van der Waals surface area contributed by atoms with Crippen molar-refractivity contribution in [3.63, 3.8) is 0 Å². The van der Waals surface area contributed by atoms with E-state index in [0.29, 0.717) is 23.6 Å². The lowest BCUT2D eigenvalue weighted by atomic mass is 10.0. The summed E-state index contributed by atoms with van der Waals surface area (Å²) in [6.45, 7) is 0. The van der Waals surface area contributed by atoms with E-state index in [1.807, 2.05) is 6.07 Å². The van der Waals surface area contributed by atoms with Crippen LogP contribution >= 0.6 is 0 Å². The first-order chi connectivity index (χ1) is 12.1. The molecule has 3 atom stereocenters. The van der Waals surface area contributed by atoms with Gasteiger partial charge in [-0.05, 0) is 23.8 Å². The summed E-state index contributed by atoms with van der Waals surface area (Å²) >= 11 is 0. The minimum Gasteiger partial charge on any atom is -0.493 e.